The van der Waals surface area contributed by atoms with E-state index in [1.165, 1.54) is 19.3 Å². The topological polar surface area (TPSA) is 81.4 Å². The number of benzene rings is 2. The van der Waals surface area contributed by atoms with Crippen LogP contribution in [-0.4, -0.2) is 29.8 Å². The first kappa shape index (κ1) is 21.9. The highest BCUT2D eigenvalue weighted by atomic mass is 16.1. The molecule has 0 unspecified atom stereocenters. The molecule has 0 bridgehead atoms. The van der Waals surface area contributed by atoms with Gasteiger partial charge in [0.1, 0.15) is 0 Å². The lowest BCUT2D eigenvalue weighted by atomic mass is 9.95. The predicted octanol–water partition coefficient (Wildman–Crippen LogP) is 4.62. The third kappa shape index (κ3) is 4.44. The average Bonchev–Trinajstić information content (AvgIpc) is 3.53. The smallest absolute Gasteiger partial charge is 0.296 e. The Balaban J connectivity index is 1.44. The van der Waals surface area contributed by atoms with Crippen LogP contribution in [0.3, 0.4) is 0 Å². The number of hydrogen-bond acceptors (Lipinski definition) is 4. The van der Waals surface area contributed by atoms with Crippen molar-refractivity contribution >= 4 is 0 Å². The molecule has 7 nitrogen and oxygen atoms in total. The molecule has 4 aromatic rings. The largest absolute Gasteiger partial charge is 0.328 e. The maximum atomic E-state index is 13.4. The average molecular weight is 453 g/mol. The molecular weight excluding hydrogens is 424 g/mol. The van der Waals surface area contributed by atoms with Gasteiger partial charge in [0.15, 0.2) is 0 Å². The summed E-state index contributed by atoms with van der Waals surface area (Å²) >= 11 is 0. The van der Waals surface area contributed by atoms with Gasteiger partial charge in [-0.3, -0.25) is 9.13 Å². The van der Waals surface area contributed by atoms with Crippen molar-refractivity contribution in [1.29, 1.82) is 0 Å². The molecule has 0 spiro atoms. The molecule has 172 valence electrons. The van der Waals surface area contributed by atoms with Gasteiger partial charge in [0.25, 0.3) is 0 Å². The fourth-order valence-electron chi connectivity index (χ4n) is 4.84. The van der Waals surface area contributed by atoms with Gasteiger partial charge in [-0.15, -0.1) is 16.1 Å². The third-order valence-corrected chi connectivity index (χ3v) is 6.62. The molecule has 0 saturated heterocycles. The van der Waals surface area contributed by atoms with Crippen LogP contribution in [0.5, 0.6) is 0 Å². The van der Waals surface area contributed by atoms with Crippen LogP contribution >= 0.6 is 0 Å². The Morgan fingerprint density at radius 1 is 1.03 bits per heavy atom. The Kier molecular flexibility index (Phi) is 6.39. The summed E-state index contributed by atoms with van der Waals surface area (Å²) in [6, 6.07) is 16.7. The van der Waals surface area contributed by atoms with Crippen molar-refractivity contribution in [3.63, 3.8) is 0 Å². The molecule has 34 heavy (non-hydrogen) atoms. The number of aromatic amines is 1. The van der Waals surface area contributed by atoms with Gasteiger partial charge in [-0.1, -0.05) is 73.7 Å². The van der Waals surface area contributed by atoms with Gasteiger partial charge in [0.05, 0.1) is 18.7 Å². The zero-order valence-electron chi connectivity index (χ0n) is 19.4. The number of rotatable bonds is 6. The molecule has 7 heteroatoms. The van der Waals surface area contributed by atoms with Crippen molar-refractivity contribution in [1.82, 2.24) is 29.8 Å². The van der Waals surface area contributed by atoms with E-state index in [2.05, 4.69) is 62.8 Å². The molecule has 5 rings (SSSR count). The molecule has 0 amide bonds. The van der Waals surface area contributed by atoms with E-state index in [0.29, 0.717) is 24.8 Å². The standard InChI is InChI=1S/C27H28N6O/c1-2-3-9-23-19-33(22-10-5-4-6-11-22)27(34)32(23)18-20-14-16-21(17-15-20)24-12-7-8-13-25(24)26-28-30-31-29-26/h7-8,12-17,19,22H,4-6,9-11,18H2,1H3,(H,28,29,30,31). The number of imidazole rings is 1. The van der Waals surface area contributed by atoms with Crippen molar-refractivity contribution in [3.8, 4) is 34.4 Å². The molecule has 2 heterocycles. The normalized spacial score (nSPS) is 14.0. The highest BCUT2D eigenvalue weighted by Gasteiger charge is 2.20. The van der Waals surface area contributed by atoms with Gasteiger partial charge >= 0.3 is 5.69 Å². The molecule has 1 aliphatic rings. The summed E-state index contributed by atoms with van der Waals surface area (Å²) < 4.78 is 3.85. The Labute approximate surface area is 198 Å². The molecule has 1 N–H and O–H groups in total. The lowest BCUT2D eigenvalue weighted by molar-refractivity contribution is 0.344. The minimum Gasteiger partial charge on any atom is -0.296 e. The molecule has 1 fully saturated rings. The van der Waals surface area contributed by atoms with Crippen LogP contribution in [0.2, 0.25) is 0 Å². The van der Waals surface area contributed by atoms with E-state index in [1.807, 2.05) is 40.5 Å². The second-order valence-corrected chi connectivity index (χ2v) is 8.77. The number of H-pyrrole nitrogens is 1. The quantitative estimate of drug-likeness (QED) is 0.433. The second kappa shape index (κ2) is 9.92. The summed E-state index contributed by atoms with van der Waals surface area (Å²) in [7, 11) is 0. The third-order valence-electron chi connectivity index (χ3n) is 6.62. The van der Waals surface area contributed by atoms with Crippen molar-refractivity contribution in [2.45, 2.75) is 58.0 Å². The number of aromatic nitrogens is 6. The van der Waals surface area contributed by atoms with E-state index >= 15 is 0 Å². The van der Waals surface area contributed by atoms with E-state index in [9.17, 15) is 4.79 Å². The first-order valence-electron chi connectivity index (χ1n) is 11.9. The lowest BCUT2D eigenvalue weighted by Gasteiger charge is -2.22. The van der Waals surface area contributed by atoms with Crippen molar-refractivity contribution < 1.29 is 0 Å². The van der Waals surface area contributed by atoms with Crippen LogP contribution in [0, 0.1) is 11.8 Å². The zero-order chi connectivity index (χ0) is 23.3. The van der Waals surface area contributed by atoms with E-state index in [1.54, 1.807) is 0 Å². The monoisotopic (exact) mass is 452 g/mol. The fourth-order valence-corrected chi connectivity index (χ4v) is 4.84. The molecular formula is C27H28N6O. The van der Waals surface area contributed by atoms with Gasteiger partial charge < -0.3 is 0 Å². The van der Waals surface area contributed by atoms with Crippen LogP contribution in [0.4, 0.5) is 0 Å². The molecule has 0 aliphatic heterocycles. The van der Waals surface area contributed by atoms with Crippen LogP contribution in [0.25, 0.3) is 22.5 Å². The Morgan fingerprint density at radius 2 is 1.79 bits per heavy atom. The highest BCUT2D eigenvalue weighted by Crippen LogP contribution is 2.30. The summed E-state index contributed by atoms with van der Waals surface area (Å²) in [5, 5.41) is 14.5. The van der Waals surface area contributed by atoms with Crippen molar-refractivity contribution in [2.75, 3.05) is 0 Å². The first-order valence-corrected chi connectivity index (χ1v) is 11.9. The van der Waals surface area contributed by atoms with E-state index < -0.39 is 0 Å². The number of nitrogens with zero attached hydrogens (tertiary/aromatic N) is 5. The molecule has 1 saturated carbocycles. The number of hydrogen-bond donors (Lipinski definition) is 1. The van der Waals surface area contributed by atoms with E-state index in [4.69, 9.17) is 0 Å². The molecule has 2 aromatic carbocycles. The van der Waals surface area contributed by atoms with Gasteiger partial charge in [-0.2, -0.15) is 5.21 Å². The maximum absolute atomic E-state index is 13.4. The minimum atomic E-state index is 0.0753. The van der Waals surface area contributed by atoms with Gasteiger partial charge in [-0.05, 0) is 41.7 Å². The van der Waals surface area contributed by atoms with Gasteiger partial charge in [-0.25, -0.2) is 4.79 Å². The van der Waals surface area contributed by atoms with Crippen molar-refractivity contribution in [2.24, 2.45) is 0 Å². The summed E-state index contributed by atoms with van der Waals surface area (Å²) in [4.78, 5) is 13.4. The number of tetrazole rings is 1. The van der Waals surface area contributed by atoms with E-state index in [0.717, 1.165) is 40.8 Å². The molecule has 1 aliphatic carbocycles. The van der Waals surface area contributed by atoms with E-state index in [-0.39, 0.29) is 5.69 Å². The maximum Gasteiger partial charge on any atom is 0.328 e. The van der Waals surface area contributed by atoms with Crippen LogP contribution < -0.4 is 5.69 Å². The summed E-state index contributed by atoms with van der Waals surface area (Å²) in [6.07, 6.45) is 8.44. The summed E-state index contributed by atoms with van der Waals surface area (Å²) in [6.45, 7) is 2.37. The Hall–Kier alpha value is -3.92. The van der Waals surface area contributed by atoms with Crippen molar-refractivity contribution in [3.05, 3.63) is 76.5 Å². The summed E-state index contributed by atoms with van der Waals surface area (Å²) in [5.74, 6) is 6.67. The van der Waals surface area contributed by atoms with Crippen LogP contribution in [-0.2, 0) is 13.0 Å². The van der Waals surface area contributed by atoms with Crippen LogP contribution in [0.15, 0.2) is 59.5 Å². The van der Waals surface area contributed by atoms with Gasteiger partial charge in [0.2, 0.25) is 5.82 Å². The highest BCUT2D eigenvalue weighted by molar-refractivity contribution is 5.80. The lowest BCUT2D eigenvalue weighted by Crippen LogP contribution is -2.29. The predicted molar refractivity (Wildman–Crippen MR) is 132 cm³/mol. The SMILES string of the molecule is CC#CCc1cn(C2CCCCC2)c(=O)n1Cc1ccc(-c2ccccc2-c2nn[nH]n2)cc1. The first-order chi connectivity index (χ1) is 16.7. The van der Waals surface area contributed by atoms with Crippen LogP contribution in [0.1, 0.15) is 56.3 Å². The zero-order valence-corrected chi connectivity index (χ0v) is 19.4. The Bertz CT molecular complexity index is 1360. The second-order valence-electron chi connectivity index (χ2n) is 8.77. The summed E-state index contributed by atoms with van der Waals surface area (Å²) in [5.41, 5.74) is 5.16. The Morgan fingerprint density at radius 3 is 2.50 bits per heavy atom. The van der Waals surface area contributed by atoms with Gasteiger partial charge in [0, 0.05) is 17.8 Å². The molecule has 0 atom stereocenters. The fraction of sp³-hybridized carbons (Fsp3) is 0.333. The molecule has 2 aromatic heterocycles. The molecule has 0 radical (unpaired) electrons. The minimum absolute atomic E-state index is 0.0753. The number of nitrogens with one attached hydrogen (secondary N) is 1.